The highest BCUT2D eigenvalue weighted by Gasteiger charge is 2.32. The predicted octanol–water partition coefficient (Wildman–Crippen LogP) is 3.33. The second-order valence-electron chi connectivity index (χ2n) is 7.03. The highest BCUT2D eigenvalue weighted by Crippen LogP contribution is 2.29. The number of nitrogens with one attached hydrogen (secondary N) is 1. The molecule has 6 nitrogen and oxygen atoms in total. The van der Waals surface area contributed by atoms with Crippen LogP contribution in [0.3, 0.4) is 0 Å². The van der Waals surface area contributed by atoms with Crippen molar-refractivity contribution >= 4 is 17.7 Å². The minimum Gasteiger partial charge on any atom is -0.487 e. The van der Waals surface area contributed by atoms with Gasteiger partial charge in [-0.05, 0) is 43.7 Å². The number of hydrogen-bond acceptors (Lipinski definition) is 3. The van der Waals surface area contributed by atoms with Gasteiger partial charge in [0.05, 0.1) is 12.0 Å². The molecule has 2 N–H and O–H groups in total. The Hall–Kier alpha value is -2.31. The number of amides is 2. The number of halogens is 1. The van der Waals surface area contributed by atoms with Gasteiger partial charge >= 0.3 is 12.0 Å². The molecule has 0 bridgehead atoms. The maximum atomic E-state index is 14.1. The van der Waals surface area contributed by atoms with Crippen LogP contribution in [-0.2, 0) is 4.79 Å². The van der Waals surface area contributed by atoms with Crippen molar-refractivity contribution in [2.75, 3.05) is 18.4 Å². The van der Waals surface area contributed by atoms with Crippen LogP contribution in [0.1, 0.15) is 32.6 Å². The van der Waals surface area contributed by atoms with E-state index >= 15 is 0 Å². The van der Waals surface area contributed by atoms with Crippen LogP contribution in [0.25, 0.3) is 0 Å². The number of hydrogen-bond donors (Lipinski definition) is 2. The first-order chi connectivity index (χ1) is 11.9. The molecule has 2 fully saturated rings. The van der Waals surface area contributed by atoms with Gasteiger partial charge in [-0.1, -0.05) is 6.92 Å². The molecule has 2 amide bonds. The number of carboxylic acids is 1. The summed E-state index contributed by atoms with van der Waals surface area (Å²) in [5.74, 6) is -1.67. The molecule has 7 heteroatoms. The van der Waals surface area contributed by atoms with Gasteiger partial charge in [0.15, 0.2) is 11.6 Å². The number of aliphatic carboxylic acids is 1. The fraction of sp³-hybridized carbons (Fsp3) is 0.556. The smallest absolute Gasteiger partial charge is 0.321 e. The quantitative estimate of drug-likeness (QED) is 0.873. The first kappa shape index (κ1) is 17.5. The number of carboxylic acid groups (broad SMARTS) is 1. The van der Waals surface area contributed by atoms with Crippen LogP contribution in [-0.4, -0.2) is 41.2 Å². The fourth-order valence-corrected chi connectivity index (χ4v) is 3.24. The van der Waals surface area contributed by atoms with Gasteiger partial charge in [-0.3, -0.25) is 4.79 Å². The molecule has 2 unspecified atom stereocenters. The number of rotatable bonds is 4. The summed E-state index contributed by atoms with van der Waals surface area (Å²) >= 11 is 0. The van der Waals surface area contributed by atoms with Crippen molar-refractivity contribution in [1.82, 2.24) is 4.90 Å². The summed E-state index contributed by atoms with van der Waals surface area (Å²) in [5.41, 5.74) is 0.327. The highest BCUT2D eigenvalue weighted by atomic mass is 19.1. The van der Waals surface area contributed by atoms with Crippen LogP contribution in [0.5, 0.6) is 5.75 Å². The Morgan fingerprint density at radius 1 is 1.32 bits per heavy atom. The minimum absolute atomic E-state index is 0.0812. The van der Waals surface area contributed by atoms with Crippen molar-refractivity contribution in [1.29, 1.82) is 0 Å². The number of piperidine rings is 1. The van der Waals surface area contributed by atoms with Gasteiger partial charge in [0.2, 0.25) is 0 Å². The second-order valence-corrected chi connectivity index (χ2v) is 7.03. The molecule has 136 valence electrons. The lowest BCUT2D eigenvalue weighted by Gasteiger charge is -2.34. The van der Waals surface area contributed by atoms with Crippen molar-refractivity contribution < 1.29 is 23.8 Å². The summed E-state index contributed by atoms with van der Waals surface area (Å²) in [6.07, 6.45) is 3.62. The van der Waals surface area contributed by atoms with E-state index in [9.17, 15) is 19.1 Å². The van der Waals surface area contributed by atoms with Crippen molar-refractivity contribution in [3.8, 4) is 5.75 Å². The van der Waals surface area contributed by atoms with E-state index in [2.05, 4.69) is 5.32 Å². The SMILES string of the molecule is CC1CC(C(=O)O)CN(C(=O)Nc2ccc(OC3CCC3)c(F)c2)C1. The topological polar surface area (TPSA) is 78.9 Å². The molecule has 25 heavy (non-hydrogen) atoms. The monoisotopic (exact) mass is 350 g/mol. The number of benzene rings is 1. The average molecular weight is 350 g/mol. The van der Waals surface area contributed by atoms with Crippen LogP contribution >= 0.6 is 0 Å². The van der Waals surface area contributed by atoms with Gasteiger partial charge in [0, 0.05) is 24.8 Å². The normalized spacial score (nSPS) is 23.7. The third kappa shape index (κ3) is 4.21. The number of carbonyl (C=O) groups is 2. The zero-order valence-corrected chi connectivity index (χ0v) is 14.2. The first-order valence-electron chi connectivity index (χ1n) is 8.67. The molecule has 1 aromatic rings. The van der Waals surface area contributed by atoms with E-state index < -0.39 is 23.7 Å². The van der Waals surface area contributed by atoms with Gasteiger partial charge < -0.3 is 20.1 Å². The standard InChI is InChI=1S/C18H23FN2O4/c1-11-7-12(17(22)23)10-21(9-11)18(24)20-13-5-6-16(15(19)8-13)25-14-3-2-4-14/h5-6,8,11-12,14H,2-4,7,9-10H2,1H3,(H,20,24)(H,22,23). The summed E-state index contributed by atoms with van der Waals surface area (Å²) in [7, 11) is 0. The number of nitrogens with zero attached hydrogens (tertiary/aromatic N) is 1. The van der Waals surface area contributed by atoms with E-state index in [1.165, 1.54) is 17.0 Å². The van der Waals surface area contributed by atoms with Gasteiger partial charge in [-0.2, -0.15) is 0 Å². The van der Waals surface area contributed by atoms with Crippen LogP contribution in [0.4, 0.5) is 14.9 Å². The van der Waals surface area contributed by atoms with E-state index in [1.807, 2.05) is 6.92 Å². The summed E-state index contributed by atoms with van der Waals surface area (Å²) in [5, 5.41) is 11.8. The van der Waals surface area contributed by atoms with Crippen LogP contribution in [0.2, 0.25) is 0 Å². The minimum atomic E-state index is -0.895. The third-order valence-electron chi connectivity index (χ3n) is 4.83. The lowest BCUT2D eigenvalue weighted by Crippen LogP contribution is -2.47. The summed E-state index contributed by atoms with van der Waals surface area (Å²) in [6.45, 7) is 2.57. The molecule has 1 saturated carbocycles. The largest absolute Gasteiger partial charge is 0.487 e. The maximum Gasteiger partial charge on any atom is 0.321 e. The molecule has 0 aromatic heterocycles. The Morgan fingerprint density at radius 3 is 2.68 bits per heavy atom. The van der Waals surface area contributed by atoms with E-state index in [0.717, 1.165) is 19.3 Å². The molecule has 2 atom stereocenters. The molecule has 2 aliphatic rings. The van der Waals surface area contributed by atoms with Gasteiger partial charge in [-0.25, -0.2) is 9.18 Å². The third-order valence-corrected chi connectivity index (χ3v) is 4.83. The zero-order chi connectivity index (χ0) is 18.0. The van der Waals surface area contributed by atoms with Gasteiger partial charge in [-0.15, -0.1) is 0 Å². The van der Waals surface area contributed by atoms with Crippen LogP contribution in [0.15, 0.2) is 18.2 Å². The van der Waals surface area contributed by atoms with E-state index in [-0.39, 0.29) is 24.3 Å². The molecule has 1 saturated heterocycles. The van der Waals surface area contributed by atoms with Gasteiger partial charge in [0.25, 0.3) is 0 Å². The van der Waals surface area contributed by atoms with Crippen molar-refractivity contribution in [3.05, 3.63) is 24.0 Å². The summed E-state index contributed by atoms with van der Waals surface area (Å²) in [6, 6.07) is 3.93. The summed E-state index contributed by atoms with van der Waals surface area (Å²) in [4.78, 5) is 25.1. The molecular formula is C18H23FN2O4. The summed E-state index contributed by atoms with van der Waals surface area (Å²) < 4.78 is 19.7. The number of ether oxygens (including phenoxy) is 1. The van der Waals surface area contributed by atoms with E-state index in [4.69, 9.17) is 4.74 Å². The average Bonchev–Trinajstić information content (AvgIpc) is 2.51. The van der Waals surface area contributed by atoms with Crippen molar-refractivity contribution in [2.45, 2.75) is 38.7 Å². The molecule has 1 aliphatic carbocycles. The molecule has 0 radical (unpaired) electrons. The maximum absolute atomic E-state index is 14.1. The number of urea groups is 1. The molecule has 1 aromatic carbocycles. The Balaban J connectivity index is 1.61. The lowest BCUT2D eigenvalue weighted by molar-refractivity contribution is -0.143. The fourth-order valence-electron chi connectivity index (χ4n) is 3.24. The highest BCUT2D eigenvalue weighted by molar-refractivity contribution is 5.89. The Kier molecular flexibility index (Phi) is 5.11. The molecular weight excluding hydrogens is 327 g/mol. The van der Waals surface area contributed by atoms with E-state index in [0.29, 0.717) is 18.7 Å². The Morgan fingerprint density at radius 2 is 2.08 bits per heavy atom. The number of likely N-dealkylation sites (tertiary alicyclic amines) is 1. The van der Waals surface area contributed by atoms with E-state index in [1.54, 1.807) is 6.07 Å². The Labute approximate surface area is 146 Å². The van der Waals surface area contributed by atoms with Crippen LogP contribution in [0, 0.1) is 17.7 Å². The predicted molar refractivity (Wildman–Crippen MR) is 90.2 cm³/mol. The second kappa shape index (κ2) is 7.29. The number of anilines is 1. The van der Waals surface area contributed by atoms with Crippen molar-refractivity contribution in [3.63, 3.8) is 0 Å². The van der Waals surface area contributed by atoms with Crippen molar-refractivity contribution in [2.24, 2.45) is 11.8 Å². The molecule has 1 heterocycles. The first-order valence-corrected chi connectivity index (χ1v) is 8.67. The zero-order valence-electron chi connectivity index (χ0n) is 14.2. The van der Waals surface area contributed by atoms with Crippen LogP contribution < -0.4 is 10.1 Å². The Bertz CT molecular complexity index is 662. The van der Waals surface area contributed by atoms with Gasteiger partial charge in [0.1, 0.15) is 0 Å². The molecule has 0 spiro atoms. The molecule has 1 aliphatic heterocycles. The number of carbonyl (C=O) groups excluding carboxylic acids is 1. The lowest BCUT2D eigenvalue weighted by atomic mass is 9.91. The molecule has 3 rings (SSSR count).